The van der Waals surface area contributed by atoms with Gasteiger partial charge in [-0.2, -0.15) is 0 Å². The average Bonchev–Trinajstić information content (AvgIpc) is 2.86. The van der Waals surface area contributed by atoms with Crippen molar-refractivity contribution in [3.8, 4) is 11.5 Å². The van der Waals surface area contributed by atoms with Crippen molar-refractivity contribution < 1.29 is 18.9 Å². The van der Waals surface area contributed by atoms with E-state index in [1.54, 1.807) is 7.11 Å². The number of benzene rings is 2. The molecule has 0 N–H and O–H groups in total. The number of morpholine rings is 1. The zero-order chi connectivity index (χ0) is 22.9. The summed E-state index contributed by atoms with van der Waals surface area (Å²) < 4.78 is 23.2. The molecule has 2 aromatic rings. The summed E-state index contributed by atoms with van der Waals surface area (Å²) in [5.41, 5.74) is 1.05. The number of hydrogen-bond donors (Lipinski definition) is 0. The van der Waals surface area contributed by atoms with Gasteiger partial charge < -0.3 is 18.9 Å². The second kappa shape index (κ2) is 12.0. The van der Waals surface area contributed by atoms with Gasteiger partial charge in [-0.05, 0) is 48.7 Å². The lowest BCUT2D eigenvalue weighted by molar-refractivity contribution is -0.0839. The molecule has 33 heavy (non-hydrogen) atoms. The number of halogens is 1. The van der Waals surface area contributed by atoms with E-state index in [1.165, 1.54) is 5.56 Å². The molecule has 6 nitrogen and oxygen atoms in total. The molecule has 0 amide bonds. The molecule has 2 aliphatic heterocycles. The third-order valence-electron chi connectivity index (χ3n) is 6.61. The van der Waals surface area contributed by atoms with E-state index in [-0.39, 0.29) is 5.60 Å². The lowest BCUT2D eigenvalue weighted by atomic mass is 9.91. The van der Waals surface area contributed by atoms with Crippen LogP contribution in [0.4, 0.5) is 0 Å². The van der Waals surface area contributed by atoms with Crippen molar-refractivity contribution in [2.75, 3.05) is 66.3 Å². The summed E-state index contributed by atoms with van der Waals surface area (Å²) in [6.45, 7) is 8.72. The Morgan fingerprint density at radius 3 is 2.36 bits per heavy atom. The normalized spacial score (nSPS) is 19.3. The summed E-state index contributed by atoms with van der Waals surface area (Å²) in [5.74, 6) is 1.72. The fraction of sp³-hybridized carbons (Fsp3) is 0.538. The minimum Gasteiger partial charge on any atom is -0.492 e. The molecule has 2 aliphatic rings. The van der Waals surface area contributed by atoms with Crippen LogP contribution in [0.1, 0.15) is 18.4 Å². The highest BCUT2D eigenvalue weighted by atomic mass is 35.5. The van der Waals surface area contributed by atoms with Gasteiger partial charge in [0, 0.05) is 51.4 Å². The van der Waals surface area contributed by atoms with Crippen LogP contribution in [0, 0.1) is 0 Å². The number of ether oxygens (including phenoxy) is 4. The van der Waals surface area contributed by atoms with Gasteiger partial charge in [0.2, 0.25) is 0 Å². The van der Waals surface area contributed by atoms with Crippen molar-refractivity contribution in [3.05, 3.63) is 59.1 Å². The third kappa shape index (κ3) is 7.33. The Hall–Kier alpha value is -1.83. The molecule has 180 valence electrons. The van der Waals surface area contributed by atoms with E-state index in [0.29, 0.717) is 18.2 Å². The number of nitrogens with zero attached hydrogens (tertiary/aromatic N) is 2. The SMILES string of the molecule is COC1(COc2cccc(Cl)c2)CCN(Cc2ccc(OCCN3CCOCC3)cc2)CC1. The molecule has 0 saturated carbocycles. The Bertz CT molecular complexity index is 850. The molecule has 0 atom stereocenters. The Balaban J connectivity index is 1.19. The first-order valence-electron chi connectivity index (χ1n) is 11.8. The van der Waals surface area contributed by atoms with Crippen LogP contribution in [0.25, 0.3) is 0 Å². The fourth-order valence-electron chi connectivity index (χ4n) is 4.36. The quantitative estimate of drug-likeness (QED) is 0.516. The zero-order valence-corrected chi connectivity index (χ0v) is 20.3. The number of piperidine rings is 1. The van der Waals surface area contributed by atoms with E-state index in [9.17, 15) is 0 Å². The molecule has 2 heterocycles. The van der Waals surface area contributed by atoms with Gasteiger partial charge in [0.05, 0.1) is 13.2 Å². The predicted octanol–water partition coefficient (Wildman–Crippen LogP) is 4.11. The molecule has 0 radical (unpaired) electrons. The molecule has 0 aliphatic carbocycles. The highest BCUT2D eigenvalue weighted by Gasteiger charge is 2.35. The largest absolute Gasteiger partial charge is 0.492 e. The Labute approximate surface area is 202 Å². The van der Waals surface area contributed by atoms with Crippen molar-refractivity contribution in [1.29, 1.82) is 0 Å². The predicted molar refractivity (Wildman–Crippen MR) is 130 cm³/mol. The van der Waals surface area contributed by atoms with E-state index in [1.807, 2.05) is 24.3 Å². The molecule has 2 aromatic carbocycles. The summed E-state index contributed by atoms with van der Waals surface area (Å²) in [7, 11) is 1.79. The maximum absolute atomic E-state index is 6.07. The van der Waals surface area contributed by atoms with Crippen LogP contribution in [-0.4, -0.2) is 81.7 Å². The molecule has 0 unspecified atom stereocenters. The van der Waals surface area contributed by atoms with Crippen LogP contribution in [0.3, 0.4) is 0 Å². The maximum atomic E-state index is 6.07. The molecule has 2 saturated heterocycles. The third-order valence-corrected chi connectivity index (χ3v) is 6.84. The van der Waals surface area contributed by atoms with Crippen LogP contribution in [0.15, 0.2) is 48.5 Å². The number of likely N-dealkylation sites (tertiary alicyclic amines) is 1. The van der Waals surface area contributed by atoms with Gasteiger partial charge in [0.25, 0.3) is 0 Å². The highest BCUT2D eigenvalue weighted by Crippen LogP contribution is 2.29. The summed E-state index contributed by atoms with van der Waals surface area (Å²) in [6.07, 6.45) is 1.87. The first-order valence-corrected chi connectivity index (χ1v) is 12.2. The van der Waals surface area contributed by atoms with Gasteiger partial charge in [-0.3, -0.25) is 9.80 Å². The van der Waals surface area contributed by atoms with Gasteiger partial charge in [-0.25, -0.2) is 0 Å². The Morgan fingerprint density at radius 2 is 1.67 bits per heavy atom. The van der Waals surface area contributed by atoms with Crippen molar-refractivity contribution in [3.63, 3.8) is 0 Å². The maximum Gasteiger partial charge on any atom is 0.120 e. The molecule has 2 fully saturated rings. The van der Waals surface area contributed by atoms with Crippen LogP contribution in [-0.2, 0) is 16.0 Å². The number of methoxy groups -OCH3 is 1. The summed E-state index contributed by atoms with van der Waals surface area (Å²) >= 11 is 6.07. The van der Waals surface area contributed by atoms with Crippen molar-refractivity contribution in [1.82, 2.24) is 9.80 Å². The summed E-state index contributed by atoms with van der Waals surface area (Å²) in [4.78, 5) is 4.86. The van der Waals surface area contributed by atoms with Crippen molar-refractivity contribution in [2.45, 2.75) is 25.0 Å². The molecular formula is C26H35ClN2O4. The Morgan fingerprint density at radius 1 is 0.909 bits per heavy atom. The monoisotopic (exact) mass is 474 g/mol. The van der Waals surface area contributed by atoms with Gasteiger partial charge in [0.15, 0.2) is 0 Å². The minimum absolute atomic E-state index is 0.253. The molecule has 4 rings (SSSR count). The van der Waals surface area contributed by atoms with Crippen molar-refractivity contribution >= 4 is 11.6 Å². The second-order valence-corrected chi connectivity index (χ2v) is 9.29. The minimum atomic E-state index is -0.253. The fourth-order valence-corrected chi connectivity index (χ4v) is 4.54. The van der Waals surface area contributed by atoms with E-state index < -0.39 is 0 Å². The van der Waals surface area contributed by atoms with Crippen LogP contribution in [0.2, 0.25) is 5.02 Å². The molecule has 0 bridgehead atoms. The lowest BCUT2D eigenvalue weighted by Crippen LogP contribution is -2.48. The van der Waals surface area contributed by atoms with Gasteiger partial charge in [-0.15, -0.1) is 0 Å². The topological polar surface area (TPSA) is 43.4 Å². The van der Waals surface area contributed by atoms with Crippen molar-refractivity contribution in [2.24, 2.45) is 0 Å². The lowest BCUT2D eigenvalue weighted by Gasteiger charge is -2.40. The van der Waals surface area contributed by atoms with E-state index >= 15 is 0 Å². The van der Waals surface area contributed by atoms with Gasteiger partial charge in [-0.1, -0.05) is 29.8 Å². The number of rotatable bonds is 10. The van der Waals surface area contributed by atoms with E-state index in [4.69, 9.17) is 30.5 Å². The molecule has 0 aromatic heterocycles. The molecule has 0 spiro atoms. The summed E-state index contributed by atoms with van der Waals surface area (Å²) in [6, 6.07) is 16.0. The first kappa shape index (κ1) is 24.3. The van der Waals surface area contributed by atoms with Gasteiger partial charge >= 0.3 is 0 Å². The van der Waals surface area contributed by atoms with E-state index in [0.717, 1.165) is 76.8 Å². The molecular weight excluding hydrogens is 440 g/mol. The van der Waals surface area contributed by atoms with Crippen LogP contribution >= 0.6 is 11.6 Å². The van der Waals surface area contributed by atoms with Crippen LogP contribution < -0.4 is 9.47 Å². The first-order chi connectivity index (χ1) is 16.1. The molecule has 7 heteroatoms. The second-order valence-electron chi connectivity index (χ2n) is 8.86. The van der Waals surface area contributed by atoms with Crippen LogP contribution in [0.5, 0.6) is 11.5 Å². The average molecular weight is 475 g/mol. The summed E-state index contributed by atoms with van der Waals surface area (Å²) in [5, 5.41) is 0.683. The van der Waals surface area contributed by atoms with E-state index in [2.05, 4.69) is 34.1 Å². The zero-order valence-electron chi connectivity index (χ0n) is 19.5. The standard InChI is InChI=1S/C26H35ClN2O4/c1-30-26(21-33-25-4-2-3-23(27)19-25)9-11-29(12-10-26)20-22-5-7-24(8-6-22)32-18-15-28-13-16-31-17-14-28/h2-8,19H,9-18,20-21H2,1H3. The smallest absolute Gasteiger partial charge is 0.120 e. The highest BCUT2D eigenvalue weighted by molar-refractivity contribution is 6.30. The number of hydrogen-bond acceptors (Lipinski definition) is 6. The Kier molecular flexibility index (Phi) is 8.87. The van der Waals surface area contributed by atoms with Gasteiger partial charge in [0.1, 0.15) is 30.3 Å².